The molecule has 0 saturated carbocycles. The minimum Gasteiger partial charge on any atom is -0.299 e. The molecule has 1 nitrogen and oxygen atoms in total. The van der Waals surface area contributed by atoms with Gasteiger partial charge in [-0.15, -0.1) is 0 Å². The van der Waals surface area contributed by atoms with Gasteiger partial charge in [0.15, 0.2) is 0 Å². The fourth-order valence-corrected chi connectivity index (χ4v) is 4.53. The summed E-state index contributed by atoms with van der Waals surface area (Å²) in [4.78, 5) is 12.1. The van der Waals surface area contributed by atoms with E-state index in [1.807, 2.05) is 0 Å². The third-order valence-corrected chi connectivity index (χ3v) is 6.73. The Labute approximate surface area is 199 Å². The van der Waals surface area contributed by atoms with Crippen molar-refractivity contribution >= 4 is 5.78 Å². The number of carbonyl (C=O) groups excluding carboxylic acids is 1. The lowest BCUT2D eigenvalue weighted by Crippen LogP contribution is -2.19. The quantitative estimate of drug-likeness (QED) is 0.183. The van der Waals surface area contributed by atoms with E-state index in [9.17, 15) is 4.79 Å². The maximum absolute atomic E-state index is 12.1. The van der Waals surface area contributed by atoms with E-state index in [4.69, 9.17) is 0 Å². The summed E-state index contributed by atoms with van der Waals surface area (Å²) in [7, 11) is 0. The van der Waals surface area contributed by atoms with Crippen LogP contribution >= 0.6 is 0 Å². The van der Waals surface area contributed by atoms with Crippen LogP contribution in [-0.4, -0.2) is 5.78 Å². The number of carbonyl (C=O) groups is 1. The second kappa shape index (κ2) is 16.1. The molecule has 1 aliphatic carbocycles. The van der Waals surface area contributed by atoms with Crippen LogP contribution in [0.4, 0.5) is 0 Å². The van der Waals surface area contributed by atoms with E-state index in [1.54, 1.807) is 0 Å². The van der Waals surface area contributed by atoms with Crippen molar-refractivity contribution in [3.8, 4) is 0 Å². The molecule has 0 aromatic carbocycles. The van der Waals surface area contributed by atoms with Gasteiger partial charge in [-0.25, -0.2) is 0 Å². The van der Waals surface area contributed by atoms with Gasteiger partial charge in [-0.05, 0) is 57.4 Å². The predicted molar refractivity (Wildman–Crippen MR) is 143 cm³/mol. The average molecular weight is 439 g/mol. The Morgan fingerprint density at radius 1 is 0.938 bits per heavy atom. The smallest absolute Gasteiger partial charge is 0.136 e. The molecule has 0 aromatic rings. The van der Waals surface area contributed by atoms with Crippen LogP contribution in [-0.2, 0) is 4.79 Å². The highest BCUT2D eigenvalue weighted by Gasteiger charge is 2.26. The molecule has 0 fully saturated rings. The lowest BCUT2D eigenvalue weighted by Gasteiger charge is -2.32. The average Bonchev–Trinajstić information content (AvgIpc) is 2.73. The normalized spacial score (nSPS) is 17.7. The van der Waals surface area contributed by atoms with Crippen molar-refractivity contribution in [3.05, 3.63) is 58.7 Å². The molecule has 0 amide bonds. The molecule has 0 aliphatic heterocycles. The molecule has 32 heavy (non-hydrogen) atoms. The summed E-state index contributed by atoms with van der Waals surface area (Å²) in [5, 5.41) is 0. The van der Waals surface area contributed by atoms with Crippen LogP contribution in [0.2, 0.25) is 0 Å². The third-order valence-electron chi connectivity index (χ3n) is 6.73. The predicted octanol–water partition coefficient (Wildman–Crippen LogP) is 10.0. The van der Waals surface area contributed by atoms with Crippen molar-refractivity contribution in [1.82, 2.24) is 0 Å². The Morgan fingerprint density at radius 3 is 2.25 bits per heavy atom. The van der Waals surface area contributed by atoms with Crippen molar-refractivity contribution in [2.75, 3.05) is 0 Å². The highest BCUT2D eigenvalue weighted by Crippen LogP contribution is 2.40. The van der Waals surface area contributed by atoms with Crippen molar-refractivity contribution < 1.29 is 4.79 Å². The van der Waals surface area contributed by atoms with E-state index in [0.29, 0.717) is 12.2 Å². The molecule has 0 spiro atoms. The molecule has 0 N–H and O–H groups in total. The van der Waals surface area contributed by atoms with Crippen LogP contribution in [0.15, 0.2) is 58.7 Å². The lowest BCUT2D eigenvalue weighted by molar-refractivity contribution is -0.118. The van der Waals surface area contributed by atoms with E-state index in [2.05, 4.69) is 78.0 Å². The topological polar surface area (TPSA) is 17.1 Å². The molecule has 1 heteroatoms. The Hall–Kier alpha value is -1.63. The van der Waals surface area contributed by atoms with Crippen molar-refractivity contribution in [2.45, 2.75) is 125 Å². The zero-order valence-electron chi connectivity index (χ0n) is 22.1. The summed E-state index contributed by atoms with van der Waals surface area (Å²) < 4.78 is 0. The monoisotopic (exact) mass is 438 g/mol. The van der Waals surface area contributed by atoms with Gasteiger partial charge < -0.3 is 0 Å². The van der Waals surface area contributed by atoms with Gasteiger partial charge in [-0.2, -0.15) is 0 Å². The van der Waals surface area contributed by atoms with Gasteiger partial charge in [0, 0.05) is 12.8 Å². The Kier molecular flexibility index (Phi) is 14.3. The lowest BCUT2D eigenvalue weighted by atomic mass is 9.72. The van der Waals surface area contributed by atoms with Gasteiger partial charge in [-0.1, -0.05) is 119 Å². The highest BCUT2D eigenvalue weighted by atomic mass is 16.1. The zero-order valence-corrected chi connectivity index (χ0v) is 22.1. The van der Waals surface area contributed by atoms with E-state index < -0.39 is 0 Å². The van der Waals surface area contributed by atoms with Gasteiger partial charge in [0.2, 0.25) is 0 Å². The second-order valence-corrected chi connectivity index (χ2v) is 10.5. The minimum absolute atomic E-state index is 0.287. The summed E-state index contributed by atoms with van der Waals surface area (Å²) in [5.74, 6) is 0.372. The van der Waals surface area contributed by atoms with Crippen LogP contribution in [0, 0.1) is 5.41 Å². The maximum atomic E-state index is 12.1. The minimum atomic E-state index is 0.287. The summed E-state index contributed by atoms with van der Waals surface area (Å²) in [6.45, 7) is 13.5. The van der Waals surface area contributed by atoms with Crippen molar-refractivity contribution in [2.24, 2.45) is 5.41 Å². The third kappa shape index (κ3) is 12.4. The van der Waals surface area contributed by atoms with Crippen LogP contribution in [0.25, 0.3) is 0 Å². The first-order valence-electron chi connectivity index (χ1n) is 13.2. The Morgan fingerprint density at radius 2 is 1.59 bits per heavy atom. The molecule has 0 saturated heterocycles. The number of hydrogen-bond acceptors (Lipinski definition) is 1. The highest BCUT2D eigenvalue weighted by molar-refractivity contribution is 5.79. The Bertz CT molecular complexity index is 709. The number of unbranched alkanes of at least 4 members (excludes halogenated alkanes) is 7. The molecule has 0 unspecified atom stereocenters. The number of Topliss-reactive ketones (excluding diaryl/α,β-unsaturated/α-hetero) is 1. The second-order valence-electron chi connectivity index (χ2n) is 10.5. The molecule has 0 atom stereocenters. The summed E-state index contributed by atoms with van der Waals surface area (Å²) in [6, 6.07) is 0. The molecule has 0 radical (unpaired) electrons. The van der Waals surface area contributed by atoms with E-state index in [1.165, 1.54) is 80.9 Å². The molecule has 0 bridgehead atoms. The number of allylic oxidation sites excluding steroid dienone is 10. The first-order chi connectivity index (χ1) is 15.3. The van der Waals surface area contributed by atoms with E-state index in [-0.39, 0.29) is 5.41 Å². The van der Waals surface area contributed by atoms with Crippen LogP contribution in [0.1, 0.15) is 125 Å². The number of hydrogen-bond donors (Lipinski definition) is 0. The Balaban J connectivity index is 2.35. The summed E-state index contributed by atoms with van der Waals surface area (Å²) >= 11 is 0. The van der Waals surface area contributed by atoms with Crippen LogP contribution in [0.5, 0.6) is 0 Å². The van der Waals surface area contributed by atoms with Gasteiger partial charge in [-0.3, -0.25) is 4.79 Å². The summed E-state index contributed by atoms with van der Waals surface area (Å²) in [5.41, 5.74) is 5.74. The van der Waals surface area contributed by atoms with Crippen molar-refractivity contribution in [3.63, 3.8) is 0 Å². The van der Waals surface area contributed by atoms with E-state index >= 15 is 0 Å². The zero-order chi connectivity index (χ0) is 23.8. The number of ketones is 1. The SMILES string of the molecule is CCCCCCCCCCC(=O)CC=C(C)C=CC=C(C)C=CC1=C(C)CCCC1(C)C. The standard InChI is InChI=1S/C31H50O/c1-7-8-9-10-11-12-13-14-20-29(32)23-21-26(2)17-15-18-27(3)22-24-30-28(4)19-16-25-31(30,5)6/h15,17-18,21-22,24H,7-14,16,19-20,23,25H2,1-6H3. The molecule has 1 aliphatic rings. The van der Waals surface area contributed by atoms with Gasteiger partial charge in [0.25, 0.3) is 0 Å². The largest absolute Gasteiger partial charge is 0.299 e. The van der Waals surface area contributed by atoms with Crippen molar-refractivity contribution in [1.29, 1.82) is 0 Å². The molecule has 1 rings (SSSR count). The molecule has 180 valence electrons. The van der Waals surface area contributed by atoms with Crippen LogP contribution < -0.4 is 0 Å². The first-order valence-corrected chi connectivity index (χ1v) is 13.2. The van der Waals surface area contributed by atoms with Gasteiger partial charge >= 0.3 is 0 Å². The molecule has 0 heterocycles. The molecule has 0 aromatic heterocycles. The van der Waals surface area contributed by atoms with Crippen LogP contribution in [0.3, 0.4) is 0 Å². The number of rotatable bonds is 15. The summed E-state index contributed by atoms with van der Waals surface area (Å²) in [6.07, 6.45) is 28.4. The fraction of sp³-hybridized carbons (Fsp3) is 0.645. The first kappa shape index (κ1) is 28.4. The molecular formula is C31H50O. The van der Waals surface area contributed by atoms with Gasteiger partial charge in [0.1, 0.15) is 5.78 Å². The van der Waals surface area contributed by atoms with Gasteiger partial charge in [0.05, 0.1) is 0 Å². The van der Waals surface area contributed by atoms with E-state index in [0.717, 1.165) is 18.4 Å². The fourth-order valence-electron chi connectivity index (χ4n) is 4.53. The maximum Gasteiger partial charge on any atom is 0.136 e. The molecular weight excluding hydrogens is 388 g/mol.